The lowest BCUT2D eigenvalue weighted by Gasteiger charge is -2.02. The van der Waals surface area contributed by atoms with E-state index in [4.69, 9.17) is 20.8 Å². The van der Waals surface area contributed by atoms with Crippen molar-refractivity contribution in [2.75, 3.05) is 7.11 Å². The average Bonchev–Trinajstić information content (AvgIpc) is 2.98. The van der Waals surface area contributed by atoms with Crippen LogP contribution in [0, 0.1) is 6.92 Å². The molecule has 0 unspecified atom stereocenters. The molecule has 24 heavy (non-hydrogen) atoms. The number of rotatable bonds is 6. The zero-order chi connectivity index (χ0) is 17.4. The fourth-order valence-corrected chi connectivity index (χ4v) is 2.84. The number of hydrogen-bond donors (Lipinski definition) is 0. The van der Waals surface area contributed by atoms with Gasteiger partial charge in [-0.2, -0.15) is 0 Å². The van der Waals surface area contributed by atoms with Crippen molar-refractivity contribution in [3.8, 4) is 5.75 Å². The predicted molar refractivity (Wildman–Crippen MR) is 102 cm³/mol. The third kappa shape index (κ3) is 5.11. The van der Waals surface area contributed by atoms with Crippen molar-refractivity contribution < 1.29 is 9.15 Å². The Balaban J connectivity index is 1.92. The molecule has 0 aromatic carbocycles. The number of hydrogen-bond acceptors (Lipinski definition) is 4. The van der Waals surface area contributed by atoms with Crippen LogP contribution in [-0.4, -0.2) is 7.11 Å². The maximum absolute atomic E-state index is 11.6. The van der Waals surface area contributed by atoms with Crippen molar-refractivity contribution >= 4 is 35.1 Å². The number of methoxy groups -OCH3 is 1. The highest BCUT2D eigenvalue weighted by Crippen LogP contribution is 2.23. The number of allylic oxidation sites excluding steroid dienone is 6. The first-order valence-corrected chi connectivity index (χ1v) is 8.47. The van der Waals surface area contributed by atoms with Gasteiger partial charge in [-0.3, -0.25) is 0 Å². The molecule has 0 radical (unpaired) electrons. The van der Waals surface area contributed by atoms with Crippen molar-refractivity contribution in [1.82, 2.24) is 0 Å². The summed E-state index contributed by atoms with van der Waals surface area (Å²) in [5.74, 6) is 0.968. The van der Waals surface area contributed by atoms with Crippen molar-refractivity contribution in [2.24, 2.45) is 0 Å². The van der Waals surface area contributed by atoms with Gasteiger partial charge in [0.2, 0.25) is 0 Å². The summed E-state index contributed by atoms with van der Waals surface area (Å²) in [5, 5.41) is 2.72. The van der Waals surface area contributed by atoms with Crippen LogP contribution in [0.15, 0.2) is 63.2 Å². The highest BCUT2D eigenvalue weighted by Gasteiger charge is 2.05. The van der Waals surface area contributed by atoms with E-state index in [1.54, 1.807) is 36.5 Å². The molecule has 0 aliphatic heterocycles. The molecule has 0 fully saturated rings. The summed E-state index contributed by atoms with van der Waals surface area (Å²) in [4.78, 5) is 12.7. The molecule has 0 N–H and O–H groups in total. The van der Waals surface area contributed by atoms with E-state index >= 15 is 0 Å². The Morgan fingerprint density at radius 2 is 1.79 bits per heavy atom. The maximum Gasteiger partial charge on any atom is 0.342 e. The highest BCUT2D eigenvalue weighted by atomic mass is 35.5. The number of thiophene rings is 1. The van der Waals surface area contributed by atoms with Crippen LogP contribution in [0.1, 0.15) is 16.2 Å². The van der Waals surface area contributed by atoms with Gasteiger partial charge in [-0.1, -0.05) is 48.1 Å². The van der Waals surface area contributed by atoms with Crippen molar-refractivity contribution in [1.29, 1.82) is 0 Å². The van der Waals surface area contributed by atoms with Crippen LogP contribution < -0.4 is 10.4 Å². The zero-order valence-electron chi connectivity index (χ0n) is 13.4. The molecule has 0 atom stereocenters. The summed E-state index contributed by atoms with van der Waals surface area (Å²) < 4.78 is 10.3. The smallest absolute Gasteiger partial charge is 0.342 e. The first-order valence-electron chi connectivity index (χ1n) is 7.21. The molecular weight excluding hydrogens is 344 g/mol. The van der Waals surface area contributed by atoms with Gasteiger partial charge < -0.3 is 9.15 Å². The largest absolute Gasteiger partial charge is 0.496 e. The van der Waals surface area contributed by atoms with Crippen LogP contribution in [0.3, 0.4) is 0 Å². The molecular formula is C19H17ClO3S. The summed E-state index contributed by atoms with van der Waals surface area (Å²) >= 11 is 7.59. The summed E-state index contributed by atoms with van der Waals surface area (Å²) in [7, 11) is 1.52. The standard InChI is InChI=1S/C19H17ClO3S/c1-14-17(22-2)13-15(23-19(14)21)9-7-5-3-4-6-8-10-18-16(20)11-12-24-18/h3-13H,1-2H3/b5-3+,6-4+,9-7+,10-8+. The molecule has 2 rings (SSSR count). The Bertz CT molecular complexity index is 854. The fourth-order valence-electron chi connectivity index (χ4n) is 1.82. The predicted octanol–water partition coefficient (Wildman–Crippen LogP) is 5.51. The Morgan fingerprint density at radius 1 is 1.12 bits per heavy atom. The molecule has 0 spiro atoms. The SMILES string of the molecule is COc1cc(/C=C/C=C/C=C/C=C/c2sccc2Cl)oc(=O)c1C. The van der Waals surface area contributed by atoms with Gasteiger partial charge in [-0.15, -0.1) is 11.3 Å². The third-order valence-electron chi connectivity index (χ3n) is 3.09. The second-order valence-electron chi connectivity index (χ2n) is 4.75. The zero-order valence-corrected chi connectivity index (χ0v) is 14.9. The normalized spacial score (nSPS) is 12.3. The van der Waals surface area contributed by atoms with Crippen LogP contribution in [0.25, 0.3) is 12.2 Å². The van der Waals surface area contributed by atoms with Crippen molar-refractivity contribution in [3.63, 3.8) is 0 Å². The van der Waals surface area contributed by atoms with E-state index in [1.165, 1.54) is 7.11 Å². The van der Waals surface area contributed by atoms with Crippen LogP contribution in [0.4, 0.5) is 0 Å². The van der Waals surface area contributed by atoms with Crippen molar-refractivity contribution in [3.05, 3.63) is 85.6 Å². The van der Waals surface area contributed by atoms with Crippen LogP contribution in [0.5, 0.6) is 5.75 Å². The molecule has 5 heteroatoms. The van der Waals surface area contributed by atoms with Gasteiger partial charge >= 0.3 is 5.63 Å². The van der Waals surface area contributed by atoms with Gasteiger partial charge in [0.05, 0.1) is 17.7 Å². The summed E-state index contributed by atoms with van der Waals surface area (Å²) in [6, 6.07) is 3.56. The lowest BCUT2D eigenvalue weighted by Crippen LogP contribution is -2.05. The molecule has 0 bridgehead atoms. The summed E-state index contributed by atoms with van der Waals surface area (Å²) in [5.41, 5.74) is 0.0704. The third-order valence-corrected chi connectivity index (χ3v) is 4.41. The number of ether oxygens (including phenoxy) is 1. The molecule has 3 nitrogen and oxygen atoms in total. The molecule has 2 heterocycles. The van der Waals surface area contributed by atoms with E-state index in [2.05, 4.69) is 0 Å². The van der Waals surface area contributed by atoms with Gasteiger partial charge in [0.25, 0.3) is 0 Å². The minimum Gasteiger partial charge on any atom is -0.496 e. The minimum atomic E-state index is -0.393. The minimum absolute atomic E-state index is 0.393. The quantitative estimate of drug-likeness (QED) is 0.637. The Kier molecular flexibility index (Phi) is 6.85. The molecule has 0 aliphatic rings. The molecule has 0 saturated heterocycles. The molecule has 2 aromatic rings. The van der Waals surface area contributed by atoms with E-state index in [9.17, 15) is 4.79 Å². The lowest BCUT2D eigenvalue weighted by atomic mass is 10.2. The Labute approximate surface area is 149 Å². The van der Waals surface area contributed by atoms with E-state index in [-0.39, 0.29) is 0 Å². The van der Waals surface area contributed by atoms with Crippen LogP contribution in [0.2, 0.25) is 5.02 Å². The highest BCUT2D eigenvalue weighted by molar-refractivity contribution is 7.11. The van der Waals surface area contributed by atoms with Gasteiger partial charge in [0, 0.05) is 10.9 Å². The van der Waals surface area contributed by atoms with E-state index in [0.29, 0.717) is 17.1 Å². The second kappa shape index (κ2) is 9.11. The van der Waals surface area contributed by atoms with Gasteiger partial charge in [0.1, 0.15) is 11.5 Å². The summed E-state index contributed by atoms with van der Waals surface area (Å²) in [6.45, 7) is 1.67. The fraction of sp³-hybridized carbons (Fsp3) is 0.105. The van der Waals surface area contributed by atoms with Crippen LogP contribution in [-0.2, 0) is 0 Å². The average molecular weight is 361 g/mol. The van der Waals surface area contributed by atoms with Crippen LogP contribution >= 0.6 is 22.9 Å². The van der Waals surface area contributed by atoms with Gasteiger partial charge in [-0.25, -0.2) is 4.79 Å². The van der Waals surface area contributed by atoms with E-state index in [0.717, 1.165) is 9.90 Å². The summed E-state index contributed by atoms with van der Waals surface area (Å²) in [6.07, 6.45) is 14.9. The van der Waals surface area contributed by atoms with Gasteiger partial charge in [0.15, 0.2) is 0 Å². The molecule has 0 saturated carbocycles. The molecule has 0 amide bonds. The van der Waals surface area contributed by atoms with Gasteiger partial charge in [-0.05, 0) is 30.5 Å². The topological polar surface area (TPSA) is 39.4 Å². The Morgan fingerprint density at radius 3 is 2.42 bits per heavy atom. The molecule has 2 aromatic heterocycles. The first kappa shape index (κ1) is 18.0. The molecule has 0 aliphatic carbocycles. The monoisotopic (exact) mass is 360 g/mol. The van der Waals surface area contributed by atoms with Crippen molar-refractivity contribution in [2.45, 2.75) is 6.92 Å². The molecule has 124 valence electrons. The van der Waals surface area contributed by atoms with E-state index in [1.807, 2.05) is 47.9 Å². The van der Waals surface area contributed by atoms with E-state index < -0.39 is 5.63 Å². The first-order chi connectivity index (χ1) is 11.6. The number of halogens is 1. The Hall–Kier alpha value is -2.30. The maximum atomic E-state index is 11.6. The second-order valence-corrected chi connectivity index (χ2v) is 6.11. The lowest BCUT2D eigenvalue weighted by molar-refractivity contribution is 0.395.